The van der Waals surface area contributed by atoms with Gasteiger partial charge in [0.1, 0.15) is 18.8 Å². The molecule has 6 atom stereocenters. The van der Waals surface area contributed by atoms with Crippen molar-refractivity contribution in [3.05, 3.63) is 24.3 Å². The van der Waals surface area contributed by atoms with E-state index in [4.69, 9.17) is 15.6 Å². The van der Waals surface area contributed by atoms with Gasteiger partial charge >= 0.3 is 0 Å². The number of carbonyl (C=O) groups excluding carboxylic acids is 2. The number of imidazole rings is 1. The molecule has 15 heteroatoms. The molecule has 3 aromatic heterocycles. The molecule has 2 aliphatic carbocycles. The lowest BCUT2D eigenvalue weighted by Crippen LogP contribution is -2.44. The van der Waals surface area contributed by atoms with Crippen molar-refractivity contribution in [2.45, 2.75) is 62.1 Å². The molecule has 0 radical (unpaired) electrons. The summed E-state index contributed by atoms with van der Waals surface area (Å²) in [6.07, 6.45) is 4.63. The lowest BCUT2D eigenvalue weighted by atomic mass is 10.2. The predicted molar refractivity (Wildman–Crippen MR) is 128 cm³/mol. The number of rotatable bonds is 8. The maximum absolute atomic E-state index is 11.7. The minimum atomic E-state index is -1.26. The van der Waals surface area contributed by atoms with Crippen LogP contribution in [0.3, 0.4) is 0 Å². The van der Waals surface area contributed by atoms with E-state index in [1.807, 2.05) is 0 Å². The van der Waals surface area contributed by atoms with Gasteiger partial charge in [-0.1, -0.05) is 0 Å². The molecule has 37 heavy (non-hydrogen) atoms. The molecule has 0 aliphatic heterocycles. The molecule has 5 rings (SSSR count). The Labute approximate surface area is 210 Å². The second-order valence-electron chi connectivity index (χ2n) is 9.31. The lowest BCUT2D eigenvalue weighted by molar-refractivity contribution is -0.125. The van der Waals surface area contributed by atoms with Crippen molar-refractivity contribution in [3.8, 4) is 5.95 Å². The Hall–Kier alpha value is -3.66. The Bertz CT molecular complexity index is 1310. The zero-order chi connectivity index (χ0) is 26.3. The van der Waals surface area contributed by atoms with E-state index in [-0.39, 0.29) is 30.1 Å². The van der Waals surface area contributed by atoms with Crippen molar-refractivity contribution in [1.29, 1.82) is 0 Å². The van der Waals surface area contributed by atoms with E-state index < -0.39 is 42.7 Å². The van der Waals surface area contributed by atoms with Gasteiger partial charge in [0.25, 0.3) is 11.9 Å². The van der Waals surface area contributed by atoms with Crippen molar-refractivity contribution in [2.24, 2.45) is 5.73 Å². The summed E-state index contributed by atoms with van der Waals surface area (Å²) in [5.41, 5.74) is 6.33. The fourth-order valence-corrected chi connectivity index (χ4v) is 5.14. The second-order valence-corrected chi connectivity index (χ2v) is 9.31. The number of primary amides is 1. The number of nitrogens with two attached hydrogens (primary N) is 1. The topological polar surface area (TPSA) is 216 Å². The van der Waals surface area contributed by atoms with Crippen LogP contribution in [0.2, 0.25) is 0 Å². The first-order chi connectivity index (χ1) is 17.8. The van der Waals surface area contributed by atoms with E-state index in [0.717, 1.165) is 19.3 Å². The van der Waals surface area contributed by atoms with E-state index in [1.54, 1.807) is 11.7 Å². The summed E-state index contributed by atoms with van der Waals surface area (Å²) in [6, 6.07) is -1.48. The summed E-state index contributed by atoms with van der Waals surface area (Å²) in [5, 5.41) is 40.5. The number of methoxy groups -OCH3 is 1. The van der Waals surface area contributed by atoms with Gasteiger partial charge < -0.3 is 41.0 Å². The number of aliphatic hydroxyl groups excluding tert-OH is 3. The van der Waals surface area contributed by atoms with Crippen LogP contribution in [0.5, 0.6) is 0 Å². The first-order valence-corrected chi connectivity index (χ1v) is 12.0. The molecule has 198 valence electrons. The van der Waals surface area contributed by atoms with Crippen LogP contribution in [-0.2, 0) is 9.53 Å². The van der Waals surface area contributed by atoms with E-state index in [9.17, 15) is 19.8 Å². The molecular formula is C22H29N9O6. The van der Waals surface area contributed by atoms with Gasteiger partial charge in [0, 0.05) is 13.3 Å². The van der Waals surface area contributed by atoms with Gasteiger partial charge in [0.15, 0.2) is 17.0 Å². The summed E-state index contributed by atoms with van der Waals surface area (Å²) >= 11 is 0. The van der Waals surface area contributed by atoms with Gasteiger partial charge in [-0.3, -0.25) is 9.59 Å². The quantitative estimate of drug-likeness (QED) is 0.197. The molecule has 7 N–H and O–H groups in total. The Kier molecular flexibility index (Phi) is 6.76. The van der Waals surface area contributed by atoms with Crippen LogP contribution >= 0.6 is 0 Å². The molecule has 15 nitrogen and oxygen atoms in total. The number of amides is 2. The van der Waals surface area contributed by atoms with Crippen LogP contribution in [0.25, 0.3) is 17.1 Å². The Balaban J connectivity index is 1.56. The van der Waals surface area contributed by atoms with Crippen molar-refractivity contribution in [2.75, 3.05) is 19.0 Å². The summed E-state index contributed by atoms with van der Waals surface area (Å²) in [6.45, 7) is -0.732. The molecule has 2 amide bonds. The second kappa shape index (κ2) is 10.0. The van der Waals surface area contributed by atoms with E-state index >= 15 is 0 Å². The first-order valence-electron chi connectivity index (χ1n) is 12.0. The number of fused-ring (bicyclic) bond motifs is 1. The molecule has 2 aliphatic rings. The molecule has 0 bridgehead atoms. The van der Waals surface area contributed by atoms with Crippen molar-refractivity contribution in [3.63, 3.8) is 0 Å². The van der Waals surface area contributed by atoms with Crippen molar-refractivity contribution < 1.29 is 29.6 Å². The van der Waals surface area contributed by atoms with Gasteiger partial charge in [0.2, 0.25) is 5.91 Å². The number of anilines is 1. The molecule has 3 heterocycles. The summed E-state index contributed by atoms with van der Waals surface area (Å²) in [7, 11) is 1.66. The molecule has 2 saturated carbocycles. The first kappa shape index (κ1) is 25.0. The SMILES string of the molecule is CO[C@H]1CCC[C@H]1Nc1nc(-n2cc(C(N)=O)cn2)nc2c1ncn2C1C[C@H](NC(=O)CO)[C@@H](O)[C@H]1O. The van der Waals surface area contributed by atoms with Crippen molar-refractivity contribution in [1.82, 2.24) is 34.6 Å². The molecule has 0 spiro atoms. The van der Waals surface area contributed by atoms with Crippen LogP contribution in [-0.4, -0.2) is 101 Å². The van der Waals surface area contributed by atoms with Crippen LogP contribution in [0.15, 0.2) is 18.7 Å². The van der Waals surface area contributed by atoms with Crippen LogP contribution in [0, 0.1) is 0 Å². The smallest absolute Gasteiger partial charge is 0.254 e. The molecule has 0 aromatic carbocycles. The Morgan fingerprint density at radius 2 is 2.03 bits per heavy atom. The third kappa shape index (κ3) is 4.61. The highest BCUT2D eigenvalue weighted by atomic mass is 16.5. The number of nitrogens with one attached hydrogen (secondary N) is 2. The highest BCUT2D eigenvalue weighted by molar-refractivity contribution is 5.92. The minimum absolute atomic E-state index is 0.00980. The fourth-order valence-electron chi connectivity index (χ4n) is 5.14. The number of nitrogens with zero attached hydrogens (tertiary/aromatic N) is 6. The fraction of sp³-hybridized carbons (Fsp3) is 0.545. The molecular weight excluding hydrogens is 486 g/mol. The molecule has 3 aromatic rings. The number of hydrogen-bond acceptors (Lipinski definition) is 11. The maximum atomic E-state index is 11.7. The Morgan fingerprint density at radius 3 is 2.73 bits per heavy atom. The van der Waals surface area contributed by atoms with E-state index in [1.165, 1.54) is 23.4 Å². The zero-order valence-electron chi connectivity index (χ0n) is 20.1. The van der Waals surface area contributed by atoms with Crippen molar-refractivity contribution >= 4 is 28.8 Å². The highest BCUT2D eigenvalue weighted by Gasteiger charge is 2.44. The summed E-state index contributed by atoms with van der Waals surface area (Å²) in [5.74, 6) is -0.753. The zero-order valence-corrected chi connectivity index (χ0v) is 20.1. The largest absolute Gasteiger partial charge is 0.388 e. The lowest BCUT2D eigenvalue weighted by Gasteiger charge is -2.21. The summed E-state index contributed by atoms with van der Waals surface area (Å²) < 4.78 is 8.53. The van der Waals surface area contributed by atoms with Gasteiger partial charge in [0.05, 0.1) is 42.3 Å². The Morgan fingerprint density at radius 1 is 1.22 bits per heavy atom. The third-order valence-electron chi connectivity index (χ3n) is 7.06. The van der Waals surface area contributed by atoms with E-state index in [0.29, 0.717) is 17.0 Å². The average Bonchev–Trinajstić information content (AvgIpc) is 3.68. The van der Waals surface area contributed by atoms with Crippen LogP contribution < -0.4 is 16.4 Å². The monoisotopic (exact) mass is 515 g/mol. The number of aliphatic hydroxyl groups is 3. The number of aromatic nitrogens is 6. The predicted octanol–water partition coefficient (Wildman–Crippen LogP) is -1.77. The third-order valence-corrected chi connectivity index (χ3v) is 7.06. The number of ether oxygens (including phenoxy) is 1. The number of carbonyl (C=O) groups is 2. The summed E-state index contributed by atoms with van der Waals surface area (Å²) in [4.78, 5) is 37.0. The van der Waals surface area contributed by atoms with Gasteiger partial charge in [-0.05, 0) is 25.7 Å². The molecule has 1 unspecified atom stereocenters. The van der Waals surface area contributed by atoms with Gasteiger partial charge in [-0.15, -0.1) is 0 Å². The van der Waals surface area contributed by atoms with Crippen LogP contribution in [0.4, 0.5) is 5.82 Å². The molecule has 2 fully saturated rings. The highest BCUT2D eigenvalue weighted by Crippen LogP contribution is 2.35. The van der Waals surface area contributed by atoms with Crippen LogP contribution in [0.1, 0.15) is 42.1 Å². The van der Waals surface area contributed by atoms with Gasteiger partial charge in [-0.2, -0.15) is 15.1 Å². The number of hydrogen-bond donors (Lipinski definition) is 6. The van der Waals surface area contributed by atoms with E-state index in [2.05, 4.69) is 30.7 Å². The molecule has 0 saturated heterocycles. The average molecular weight is 516 g/mol. The maximum Gasteiger partial charge on any atom is 0.254 e. The standard InChI is InChI=1S/C22H29N9O6/c1-37-14-4-2-3-11(14)27-20-16-21(29-22(28-20)31-7-10(6-25-31)19(23)36)30(9-24-16)13-5-12(17(34)18(13)35)26-15(33)8-32/h6-7,9,11-14,17-18,32,34-35H,2-5,8H2,1H3,(H2,23,36)(H,26,33)(H,27,28,29)/t11-,12+,13?,14+,17-,18+/m1/s1. The minimum Gasteiger partial charge on any atom is -0.388 e. The normalized spacial score (nSPS) is 27.6. The van der Waals surface area contributed by atoms with Gasteiger partial charge in [-0.25, -0.2) is 9.67 Å².